The molecule has 0 radical (unpaired) electrons. The monoisotopic (exact) mass is 308 g/mol. The van der Waals surface area contributed by atoms with E-state index in [1.165, 1.54) is 17.7 Å². The fourth-order valence-electron chi connectivity index (χ4n) is 2.24. The highest BCUT2D eigenvalue weighted by Crippen LogP contribution is 2.26. The Bertz CT molecular complexity index is 835. The number of hydrogen-bond donors (Lipinski definition) is 1. The summed E-state index contributed by atoms with van der Waals surface area (Å²) in [5, 5.41) is 17.1. The minimum atomic E-state index is -0.965. The Morgan fingerprint density at radius 2 is 1.65 bits per heavy atom. The summed E-state index contributed by atoms with van der Waals surface area (Å²) in [5.41, 5.74) is 2.98. The molecule has 0 amide bonds. The standard InChI is InChI=1S/C18H16N2O3/c1-11(2)14-4-3-5-15(10-14)17-20-19-16(23-17)12-6-8-13(9-7-12)18(21)22/h3-11H,1-2H3,(H,21,22). The number of rotatable bonds is 4. The molecule has 0 atom stereocenters. The first kappa shape index (κ1) is 15.0. The predicted octanol–water partition coefficient (Wildman–Crippen LogP) is 4.23. The van der Waals surface area contributed by atoms with Crippen LogP contribution in [0.2, 0.25) is 0 Å². The summed E-state index contributed by atoms with van der Waals surface area (Å²) in [4.78, 5) is 10.9. The lowest BCUT2D eigenvalue weighted by atomic mass is 10.0. The summed E-state index contributed by atoms with van der Waals surface area (Å²) in [5.74, 6) is 0.269. The van der Waals surface area contributed by atoms with Gasteiger partial charge < -0.3 is 9.52 Å². The SMILES string of the molecule is CC(C)c1cccc(-c2nnc(-c3ccc(C(=O)O)cc3)o2)c1. The first-order valence-corrected chi connectivity index (χ1v) is 7.32. The lowest BCUT2D eigenvalue weighted by Gasteiger charge is -2.05. The summed E-state index contributed by atoms with van der Waals surface area (Å²) in [6.07, 6.45) is 0. The Hall–Kier alpha value is -2.95. The van der Waals surface area contributed by atoms with Gasteiger partial charge in [0, 0.05) is 11.1 Å². The van der Waals surface area contributed by atoms with Crippen LogP contribution in [0.3, 0.4) is 0 Å². The Morgan fingerprint density at radius 1 is 1.00 bits per heavy atom. The van der Waals surface area contributed by atoms with E-state index in [1.807, 2.05) is 18.2 Å². The van der Waals surface area contributed by atoms with Crippen LogP contribution >= 0.6 is 0 Å². The molecule has 0 spiro atoms. The number of carboxylic acid groups (broad SMARTS) is 1. The topological polar surface area (TPSA) is 76.2 Å². The maximum Gasteiger partial charge on any atom is 0.335 e. The Kier molecular flexibility index (Phi) is 3.93. The molecule has 5 nitrogen and oxygen atoms in total. The Balaban J connectivity index is 1.91. The lowest BCUT2D eigenvalue weighted by Crippen LogP contribution is -1.94. The van der Waals surface area contributed by atoms with Crippen molar-refractivity contribution in [2.24, 2.45) is 0 Å². The van der Waals surface area contributed by atoms with Gasteiger partial charge in [-0.2, -0.15) is 0 Å². The third-order valence-corrected chi connectivity index (χ3v) is 3.60. The van der Waals surface area contributed by atoms with E-state index in [0.29, 0.717) is 23.3 Å². The van der Waals surface area contributed by atoms with Gasteiger partial charge in [0.05, 0.1) is 5.56 Å². The van der Waals surface area contributed by atoms with Crippen molar-refractivity contribution in [2.75, 3.05) is 0 Å². The zero-order valence-corrected chi connectivity index (χ0v) is 12.9. The minimum absolute atomic E-state index is 0.220. The van der Waals surface area contributed by atoms with E-state index in [0.717, 1.165) is 5.56 Å². The molecule has 1 heterocycles. The van der Waals surface area contributed by atoms with Gasteiger partial charge in [0.15, 0.2) is 0 Å². The maximum absolute atomic E-state index is 10.9. The summed E-state index contributed by atoms with van der Waals surface area (Å²) < 4.78 is 5.72. The molecule has 1 N–H and O–H groups in total. The summed E-state index contributed by atoms with van der Waals surface area (Å²) in [6.45, 7) is 4.25. The molecule has 23 heavy (non-hydrogen) atoms. The van der Waals surface area contributed by atoms with Crippen molar-refractivity contribution in [3.05, 3.63) is 59.7 Å². The molecule has 0 fully saturated rings. The number of benzene rings is 2. The fourth-order valence-corrected chi connectivity index (χ4v) is 2.24. The minimum Gasteiger partial charge on any atom is -0.478 e. The summed E-state index contributed by atoms with van der Waals surface area (Å²) in [6, 6.07) is 14.3. The van der Waals surface area contributed by atoms with E-state index < -0.39 is 5.97 Å². The van der Waals surface area contributed by atoms with E-state index in [-0.39, 0.29) is 5.56 Å². The highest BCUT2D eigenvalue weighted by atomic mass is 16.4. The smallest absolute Gasteiger partial charge is 0.335 e. The van der Waals surface area contributed by atoms with Gasteiger partial charge in [0.25, 0.3) is 0 Å². The van der Waals surface area contributed by atoms with Crippen molar-refractivity contribution in [3.8, 4) is 22.9 Å². The van der Waals surface area contributed by atoms with E-state index in [4.69, 9.17) is 9.52 Å². The molecule has 0 aliphatic rings. The molecule has 1 aromatic heterocycles. The molecule has 3 aromatic rings. The van der Waals surface area contributed by atoms with Gasteiger partial charge in [-0.1, -0.05) is 26.0 Å². The number of aromatic nitrogens is 2. The van der Waals surface area contributed by atoms with Gasteiger partial charge in [0.2, 0.25) is 11.8 Å². The lowest BCUT2D eigenvalue weighted by molar-refractivity contribution is 0.0697. The van der Waals surface area contributed by atoms with E-state index in [9.17, 15) is 4.79 Å². The Morgan fingerprint density at radius 3 is 2.26 bits per heavy atom. The van der Waals surface area contributed by atoms with E-state index in [2.05, 4.69) is 30.1 Å². The molecule has 3 rings (SSSR count). The molecule has 5 heteroatoms. The number of aromatic carboxylic acids is 1. The van der Waals surface area contributed by atoms with Crippen molar-refractivity contribution in [3.63, 3.8) is 0 Å². The largest absolute Gasteiger partial charge is 0.478 e. The second kappa shape index (κ2) is 6.04. The molecule has 2 aromatic carbocycles. The first-order valence-electron chi connectivity index (χ1n) is 7.32. The number of nitrogens with zero attached hydrogens (tertiary/aromatic N) is 2. The zero-order chi connectivity index (χ0) is 16.4. The van der Waals surface area contributed by atoms with Crippen LogP contribution in [0.25, 0.3) is 22.9 Å². The number of hydrogen-bond acceptors (Lipinski definition) is 4. The quantitative estimate of drug-likeness (QED) is 0.780. The van der Waals surface area contributed by atoms with Gasteiger partial charge in [-0.3, -0.25) is 0 Å². The molecule has 0 saturated carbocycles. The highest BCUT2D eigenvalue weighted by Gasteiger charge is 2.12. The number of carboxylic acids is 1. The van der Waals surface area contributed by atoms with Crippen LogP contribution in [0, 0.1) is 0 Å². The van der Waals surface area contributed by atoms with Crippen LogP contribution < -0.4 is 0 Å². The molecule has 0 saturated heterocycles. The predicted molar refractivity (Wildman–Crippen MR) is 86.2 cm³/mol. The highest BCUT2D eigenvalue weighted by molar-refractivity contribution is 5.88. The van der Waals surface area contributed by atoms with Gasteiger partial charge in [-0.25, -0.2) is 4.79 Å². The van der Waals surface area contributed by atoms with Gasteiger partial charge in [-0.05, 0) is 47.9 Å². The van der Waals surface area contributed by atoms with Gasteiger partial charge in [-0.15, -0.1) is 10.2 Å². The van der Waals surface area contributed by atoms with Crippen molar-refractivity contribution in [2.45, 2.75) is 19.8 Å². The van der Waals surface area contributed by atoms with Gasteiger partial charge >= 0.3 is 5.97 Å². The molecule has 0 aliphatic heterocycles. The van der Waals surface area contributed by atoms with Crippen LogP contribution in [-0.4, -0.2) is 21.3 Å². The Labute approximate surface area is 133 Å². The molecule has 0 bridgehead atoms. The van der Waals surface area contributed by atoms with Crippen molar-refractivity contribution >= 4 is 5.97 Å². The second-order valence-electron chi connectivity index (χ2n) is 5.58. The van der Waals surface area contributed by atoms with Crippen molar-refractivity contribution in [1.29, 1.82) is 0 Å². The van der Waals surface area contributed by atoms with Crippen molar-refractivity contribution < 1.29 is 14.3 Å². The van der Waals surface area contributed by atoms with Crippen molar-refractivity contribution in [1.82, 2.24) is 10.2 Å². The van der Waals surface area contributed by atoms with Crippen LogP contribution in [-0.2, 0) is 0 Å². The summed E-state index contributed by atoms with van der Waals surface area (Å²) in [7, 11) is 0. The van der Waals surface area contributed by atoms with E-state index in [1.54, 1.807) is 12.1 Å². The number of carbonyl (C=O) groups is 1. The third kappa shape index (κ3) is 3.13. The van der Waals surface area contributed by atoms with Crippen LogP contribution in [0.1, 0.15) is 35.7 Å². The average molecular weight is 308 g/mol. The van der Waals surface area contributed by atoms with Crippen LogP contribution in [0.5, 0.6) is 0 Å². The zero-order valence-electron chi connectivity index (χ0n) is 12.9. The van der Waals surface area contributed by atoms with Gasteiger partial charge in [0.1, 0.15) is 0 Å². The second-order valence-corrected chi connectivity index (χ2v) is 5.58. The van der Waals surface area contributed by atoms with E-state index >= 15 is 0 Å². The average Bonchev–Trinajstić information content (AvgIpc) is 3.05. The molecular formula is C18H16N2O3. The fraction of sp³-hybridized carbons (Fsp3) is 0.167. The molecule has 0 aliphatic carbocycles. The third-order valence-electron chi connectivity index (χ3n) is 3.60. The molecule has 0 unspecified atom stereocenters. The van der Waals surface area contributed by atoms with Crippen LogP contribution in [0.15, 0.2) is 52.9 Å². The molecule has 116 valence electrons. The normalized spacial score (nSPS) is 10.9. The molecular weight excluding hydrogens is 292 g/mol. The maximum atomic E-state index is 10.9. The van der Waals surface area contributed by atoms with Crippen LogP contribution in [0.4, 0.5) is 0 Å². The summed E-state index contributed by atoms with van der Waals surface area (Å²) >= 11 is 0. The first-order chi connectivity index (χ1) is 11.0.